The summed E-state index contributed by atoms with van der Waals surface area (Å²) in [5.41, 5.74) is 1.63. The van der Waals surface area contributed by atoms with Crippen LogP contribution in [0.5, 0.6) is 0 Å². The monoisotopic (exact) mass is 298 g/mol. The van der Waals surface area contributed by atoms with Gasteiger partial charge in [-0.15, -0.1) is 0 Å². The number of fused-ring (bicyclic) bond motifs is 1. The standard InChI is InChI=1S/C17H15FN2O2/c1-11(16(21)19-15-9-5-4-8-14(15)18)20-10-12-6-2-3-7-13(12)17(20)22/h2-9,11H,10H2,1H3,(H,19,21)/t11-/m1/s1. The summed E-state index contributed by atoms with van der Waals surface area (Å²) in [6.45, 7) is 2.03. The topological polar surface area (TPSA) is 49.4 Å². The molecule has 2 aromatic carbocycles. The maximum absolute atomic E-state index is 13.6. The summed E-state index contributed by atoms with van der Waals surface area (Å²) in [4.78, 5) is 26.1. The molecule has 1 heterocycles. The Morgan fingerprint density at radius 2 is 1.86 bits per heavy atom. The van der Waals surface area contributed by atoms with Crippen LogP contribution in [0.1, 0.15) is 22.8 Å². The average molecular weight is 298 g/mol. The van der Waals surface area contributed by atoms with Crippen molar-refractivity contribution in [2.24, 2.45) is 0 Å². The number of para-hydroxylation sites is 1. The van der Waals surface area contributed by atoms with E-state index in [-0.39, 0.29) is 11.6 Å². The Morgan fingerprint density at radius 1 is 1.18 bits per heavy atom. The van der Waals surface area contributed by atoms with Gasteiger partial charge >= 0.3 is 0 Å². The fourth-order valence-corrected chi connectivity index (χ4v) is 2.53. The molecule has 4 nitrogen and oxygen atoms in total. The number of hydrogen-bond acceptors (Lipinski definition) is 2. The molecule has 2 aromatic rings. The van der Waals surface area contributed by atoms with Crippen LogP contribution in [0.25, 0.3) is 0 Å². The Morgan fingerprint density at radius 3 is 2.59 bits per heavy atom. The highest BCUT2D eigenvalue weighted by molar-refractivity contribution is 6.03. The zero-order valence-electron chi connectivity index (χ0n) is 12.0. The average Bonchev–Trinajstić information content (AvgIpc) is 2.86. The van der Waals surface area contributed by atoms with Crippen LogP contribution in [0.4, 0.5) is 10.1 Å². The highest BCUT2D eigenvalue weighted by Crippen LogP contribution is 2.25. The predicted octanol–water partition coefficient (Wildman–Crippen LogP) is 2.81. The Bertz CT molecular complexity index is 745. The normalized spacial score (nSPS) is 14.6. The third-order valence-corrected chi connectivity index (χ3v) is 3.83. The van der Waals surface area contributed by atoms with E-state index in [2.05, 4.69) is 5.32 Å². The van der Waals surface area contributed by atoms with Crippen molar-refractivity contribution in [2.45, 2.75) is 19.5 Å². The molecule has 5 heteroatoms. The number of carbonyl (C=O) groups excluding carboxylic acids is 2. The van der Waals surface area contributed by atoms with Gasteiger partial charge in [-0.25, -0.2) is 4.39 Å². The molecule has 0 unspecified atom stereocenters. The number of hydrogen-bond donors (Lipinski definition) is 1. The second-order valence-electron chi connectivity index (χ2n) is 5.24. The third-order valence-electron chi connectivity index (χ3n) is 3.83. The minimum atomic E-state index is -0.681. The Labute approximate surface area is 127 Å². The molecule has 0 fully saturated rings. The molecule has 1 aliphatic rings. The van der Waals surface area contributed by atoms with Gasteiger partial charge in [-0.3, -0.25) is 9.59 Å². The van der Waals surface area contributed by atoms with Gasteiger partial charge in [0.1, 0.15) is 11.9 Å². The van der Waals surface area contributed by atoms with Gasteiger partial charge in [0.05, 0.1) is 5.69 Å². The van der Waals surface area contributed by atoms with Crippen molar-refractivity contribution in [1.29, 1.82) is 0 Å². The van der Waals surface area contributed by atoms with Crippen LogP contribution in [-0.4, -0.2) is 22.8 Å². The van der Waals surface area contributed by atoms with E-state index in [9.17, 15) is 14.0 Å². The molecule has 0 saturated carbocycles. The Balaban J connectivity index is 1.75. The number of carbonyl (C=O) groups is 2. The van der Waals surface area contributed by atoms with Crippen LogP contribution >= 0.6 is 0 Å². The van der Waals surface area contributed by atoms with Crippen molar-refractivity contribution in [3.05, 3.63) is 65.5 Å². The minimum Gasteiger partial charge on any atom is -0.323 e. The summed E-state index contributed by atoms with van der Waals surface area (Å²) in [7, 11) is 0. The Hall–Kier alpha value is -2.69. The van der Waals surface area contributed by atoms with Crippen LogP contribution in [0, 0.1) is 5.82 Å². The second kappa shape index (κ2) is 5.60. The molecule has 0 saturated heterocycles. The van der Waals surface area contributed by atoms with Gasteiger partial charge < -0.3 is 10.2 Å². The van der Waals surface area contributed by atoms with Crippen molar-refractivity contribution >= 4 is 17.5 Å². The molecular formula is C17H15FN2O2. The first kappa shape index (κ1) is 14.3. The summed E-state index contributed by atoms with van der Waals surface area (Å²) in [5, 5.41) is 2.53. The van der Waals surface area contributed by atoms with Gasteiger partial charge in [-0.2, -0.15) is 0 Å². The van der Waals surface area contributed by atoms with Crippen LogP contribution in [0.3, 0.4) is 0 Å². The number of rotatable bonds is 3. The first-order chi connectivity index (χ1) is 10.6. The van der Waals surface area contributed by atoms with Crippen molar-refractivity contribution in [3.63, 3.8) is 0 Å². The highest BCUT2D eigenvalue weighted by atomic mass is 19.1. The van der Waals surface area contributed by atoms with Crippen LogP contribution in [0.15, 0.2) is 48.5 Å². The van der Waals surface area contributed by atoms with Gasteiger partial charge in [0, 0.05) is 12.1 Å². The van der Waals surface area contributed by atoms with Crippen LogP contribution < -0.4 is 5.32 Å². The van der Waals surface area contributed by atoms with Crippen LogP contribution in [0.2, 0.25) is 0 Å². The predicted molar refractivity (Wildman–Crippen MR) is 80.8 cm³/mol. The highest BCUT2D eigenvalue weighted by Gasteiger charge is 2.33. The molecule has 0 aliphatic carbocycles. The van der Waals surface area contributed by atoms with Crippen molar-refractivity contribution in [3.8, 4) is 0 Å². The number of anilines is 1. The molecule has 1 aliphatic heterocycles. The minimum absolute atomic E-state index is 0.114. The zero-order valence-corrected chi connectivity index (χ0v) is 12.0. The Kier molecular flexibility index (Phi) is 3.63. The summed E-state index contributed by atoms with van der Waals surface area (Å²) in [6.07, 6.45) is 0. The second-order valence-corrected chi connectivity index (χ2v) is 5.24. The summed E-state index contributed by atoms with van der Waals surface area (Å²) in [6, 6.07) is 12.5. The molecule has 1 N–H and O–H groups in total. The van der Waals surface area contributed by atoms with Crippen molar-refractivity contribution in [1.82, 2.24) is 4.90 Å². The van der Waals surface area contributed by atoms with E-state index in [0.29, 0.717) is 12.1 Å². The van der Waals surface area contributed by atoms with Gasteiger partial charge in [0.15, 0.2) is 0 Å². The maximum atomic E-state index is 13.6. The summed E-state index contributed by atoms with van der Waals surface area (Å²) < 4.78 is 13.6. The number of benzene rings is 2. The molecule has 0 bridgehead atoms. The molecule has 0 aromatic heterocycles. The zero-order chi connectivity index (χ0) is 15.7. The molecule has 0 radical (unpaired) electrons. The SMILES string of the molecule is C[C@H](C(=O)Nc1ccccc1F)N1Cc2ccccc2C1=O. The first-order valence-corrected chi connectivity index (χ1v) is 7.02. The third kappa shape index (κ3) is 2.45. The smallest absolute Gasteiger partial charge is 0.255 e. The van der Waals surface area contributed by atoms with E-state index in [1.165, 1.54) is 17.0 Å². The fourth-order valence-electron chi connectivity index (χ4n) is 2.53. The molecule has 1 atom stereocenters. The van der Waals surface area contributed by atoms with Gasteiger partial charge in [0.2, 0.25) is 5.91 Å². The maximum Gasteiger partial charge on any atom is 0.255 e. The van der Waals surface area contributed by atoms with E-state index in [1.54, 1.807) is 31.2 Å². The van der Waals surface area contributed by atoms with Gasteiger partial charge in [-0.1, -0.05) is 30.3 Å². The lowest BCUT2D eigenvalue weighted by molar-refractivity contribution is -0.120. The van der Waals surface area contributed by atoms with E-state index in [0.717, 1.165) is 5.56 Å². The quantitative estimate of drug-likeness (QED) is 0.947. The summed E-state index contributed by atoms with van der Waals surface area (Å²) in [5.74, 6) is -1.09. The van der Waals surface area contributed by atoms with Crippen molar-refractivity contribution < 1.29 is 14.0 Å². The van der Waals surface area contributed by atoms with E-state index in [4.69, 9.17) is 0 Å². The van der Waals surface area contributed by atoms with E-state index >= 15 is 0 Å². The molecule has 112 valence electrons. The molecular weight excluding hydrogens is 283 g/mol. The lowest BCUT2D eigenvalue weighted by Gasteiger charge is -2.23. The molecule has 2 amide bonds. The fraction of sp³-hybridized carbons (Fsp3) is 0.176. The number of nitrogens with one attached hydrogen (secondary N) is 1. The number of halogens is 1. The number of amides is 2. The molecule has 3 rings (SSSR count). The van der Waals surface area contributed by atoms with Crippen molar-refractivity contribution in [2.75, 3.05) is 5.32 Å². The lowest BCUT2D eigenvalue weighted by atomic mass is 10.1. The molecule has 0 spiro atoms. The first-order valence-electron chi connectivity index (χ1n) is 7.02. The van der Waals surface area contributed by atoms with Gasteiger partial charge in [0.25, 0.3) is 5.91 Å². The lowest BCUT2D eigenvalue weighted by Crippen LogP contribution is -2.42. The summed E-state index contributed by atoms with van der Waals surface area (Å²) >= 11 is 0. The van der Waals surface area contributed by atoms with Crippen LogP contribution in [-0.2, 0) is 11.3 Å². The number of nitrogens with zero attached hydrogens (tertiary/aromatic N) is 1. The largest absolute Gasteiger partial charge is 0.323 e. The molecule has 22 heavy (non-hydrogen) atoms. The van der Waals surface area contributed by atoms with E-state index in [1.807, 2.05) is 12.1 Å². The van der Waals surface area contributed by atoms with E-state index < -0.39 is 17.8 Å². The van der Waals surface area contributed by atoms with Gasteiger partial charge in [-0.05, 0) is 30.7 Å².